The highest BCUT2D eigenvalue weighted by atomic mass is 35.5. The Morgan fingerprint density at radius 3 is 1.90 bits per heavy atom. The molecule has 0 saturated carbocycles. The number of nitrogens with one attached hydrogen (secondary N) is 3. The van der Waals surface area contributed by atoms with E-state index in [4.69, 9.17) is 11.6 Å². The fourth-order valence-electron chi connectivity index (χ4n) is 2.73. The normalized spacial score (nSPS) is 11.5. The van der Waals surface area contributed by atoms with E-state index >= 15 is 0 Å². The van der Waals surface area contributed by atoms with Gasteiger partial charge in [0.2, 0.25) is 5.91 Å². The van der Waals surface area contributed by atoms with Gasteiger partial charge in [0.25, 0.3) is 5.16 Å². The van der Waals surface area contributed by atoms with Gasteiger partial charge in [-0.2, -0.15) is 8.42 Å². The molecular formula is C19H24ClN5O4S. The second-order valence-electron chi connectivity index (χ2n) is 7.26. The van der Waals surface area contributed by atoms with Gasteiger partial charge in [0.05, 0.1) is 18.1 Å². The van der Waals surface area contributed by atoms with Crippen LogP contribution in [0.25, 0.3) is 0 Å². The molecule has 3 amide bonds. The molecule has 2 aromatic rings. The number of halogens is 1. The Bertz CT molecular complexity index is 1020. The number of benzene rings is 1. The zero-order valence-corrected chi connectivity index (χ0v) is 18.9. The Morgan fingerprint density at radius 1 is 0.967 bits per heavy atom. The van der Waals surface area contributed by atoms with E-state index in [2.05, 4.69) is 20.6 Å². The van der Waals surface area contributed by atoms with Gasteiger partial charge in [-0.15, -0.1) is 0 Å². The number of carbonyl (C=O) groups is 2. The van der Waals surface area contributed by atoms with Crippen molar-refractivity contribution in [2.75, 3.05) is 10.6 Å². The molecule has 0 spiro atoms. The quantitative estimate of drug-likeness (QED) is 0.569. The molecule has 30 heavy (non-hydrogen) atoms. The molecule has 0 unspecified atom stereocenters. The van der Waals surface area contributed by atoms with Crippen molar-refractivity contribution in [1.82, 2.24) is 14.7 Å². The smallest absolute Gasteiger partial charge is 0.324 e. The Hall–Kier alpha value is -2.72. The maximum Gasteiger partial charge on any atom is 0.333 e. The lowest BCUT2D eigenvalue weighted by Crippen LogP contribution is -2.36. The van der Waals surface area contributed by atoms with Crippen LogP contribution in [-0.4, -0.2) is 30.3 Å². The van der Waals surface area contributed by atoms with Crippen molar-refractivity contribution in [1.29, 1.82) is 0 Å². The van der Waals surface area contributed by atoms with Crippen LogP contribution in [0.1, 0.15) is 57.6 Å². The van der Waals surface area contributed by atoms with Crippen molar-refractivity contribution in [3.63, 3.8) is 0 Å². The van der Waals surface area contributed by atoms with Crippen LogP contribution in [-0.2, 0) is 14.8 Å². The summed E-state index contributed by atoms with van der Waals surface area (Å²) < 4.78 is 26.8. The van der Waals surface area contributed by atoms with E-state index in [-0.39, 0.29) is 23.4 Å². The van der Waals surface area contributed by atoms with Crippen LogP contribution in [0.4, 0.5) is 16.2 Å². The highest BCUT2D eigenvalue weighted by Gasteiger charge is 2.23. The Labute approximate surface area is 180 Å². The van der Waals surface area contributed by atoms with Crippen LogP contribution in [0.5, 0.6) is 0 Å². The topological polar surface area (TPSA) is 130 Å². The van der Waals surface area contributed by atoms with Crippen LogP contribution >= 0.6 is 11.6 Å². The monoisotopic (exact) mass is 453 g/mol. The van der Waals surface area contributed by atoms with Crippen molar-refractivity contribution < 1.29 is 18.0 Å². The third-order valence-electron chi connectivity index (χ3n) is 4.06. The highest BCUT2D eigenvalue weighted by molar-refractivity contribution is 7.89. The van der Waals surface area contributed by atoms with E-state index < -0.39 is 21.2 Å². The number of hydrogen-bond acceptors (Lipinski definition) is 6. The number of anilines is 2. The van der Waals surface area contributed by atoms with Crippen LogP contribution in [0.3, 0.4) is 0 Å². The number of aromatic nitrogens is 2. The molecule has 9 nitrogen and oxygen atoms in total. The van der Waals surface area contributed by atoms with Gasteiger partial charge in [0, 0.05) is 17.6 Å². The van der Waals surface area contributed by atoms with Gasteiger partial charge in [-0.05, 0) is 35.1 Å². The first kappa shape index (κ1) is 23.6. The molecule has 11 heteroatoms. The summed E-state index contributed by atoms with van der Waals surface area (Å²) in [5.74, 6) is -0.271. The Morgan fingerprint density at radius 2 is 1.47 bits per heavy atom. The molecule has 0 fully saturated rings. The summed E-state index contributed by atoms with van der Waals surface area (Å²) in [6.07, 6.45) is 2.27. The molecule has 1 heterocycles. The average molecular weight is 454 g/mol. The Kier molecular flexibility index (Phi) is 7.38. The summed E-state index contributed by atoms with van der Waals surface area (Å²) in [6.45, 7) is 9.07. The second-order valence-corrected chi connectivity index (χ2v) is 9.28. The zero-order chi connectivity index (χ0) is 22.6. The molecule has 0 aliphatic rings. The van der Waals surface area contributed by atoms with E-state index in [1.807, 2.05) is 32.4 Å². The molecule has 0 aliphatic carbocycles. The first-order valence-corrected chi connectivity index (χ1v) is 11.0. The molecule has 0 bridgehead atoms. The van der Waals surface area contributed by atoms with Gasteiger partial charge in [0.15, 0.2) is 0 Å². The van der Waals surface area contributed by atoms with Crippen LogP contribution in [0, 0.1) is 0 Å². The lowest BCUT2D eigenvalue weighted by atomic mass is 9.92. The molecule has 0 atom stereocenters. The van der Waals surface area contributed by atoms with Gasteiger partial charge in [0.1, 0.15) is 0 Å². The standard InChI is InChI=1S/C19H24ClN5O4S/c1-10(2)15-6-13(20)7-16(11(3)4)17(15)24-18(27)25-30(28,29)19-21-8-14(9-22-19)23-12(5)26/h6-11H,1-5H3,(H,23,26)(H2,24,25,27). The number of hydrogen-bond donors (Lipinski definition) is 3. The molecule has 0 radical (unpaired) electrons. The summed E-state index contributed by atoms with van der Waals surface area (Å²) >= 11 is 6.21. The lowest BCUT2D eigenvalue weighted by Gasteiger charge is -2.21. The van der Waals surface area contributed by atoms with E-state index in [9.17, 15) is 18.0 Å². The molecule has 1 aromatic carbocycles. The number of urea groups is 1. The van der Waals surface area contributed by atoms with Gasteiger partial charge in [-0.3, -0.25) is 4.79 Å². The molecule has 2 rings (SSSR count). The van der Waals surface area contributed by atoms with Gasteiger partial charge < -0.3 is 10.6 Å². The number of rotatable bonds is 6. The van der Waals surface area contributed by atoms with Crippen molar-refractivity contribution in [3.05, 3.63) is 40.7 Å². The van der Waals surface area contributed by atoms with Gasteiger partial charge >= 0.3 is 16.1 Å². The van der Waals surface area contributed by atoms with Crippen molar-refractivity contribution in [2.45, 2.75) is 51.6 Å². The predicted molar refractivity (Wildman–Crippen MR) is 115 cm³/mol. The minimum absolute atomic E-state index is 0.0396. The largest absolute Gasteiger partial charge is 0.333 e. The van der Waals surface area contributed by atoms with Crippen LogP contribution in [0.2, 0.25) is 5.02 Å². The van der Waals surface area contributed by atoms with E-state index in [1.165, 1.54) is 6.92 Å². The lowest BCUT2D eigenvalue weighted by molar-refractivity contribution is -0.114. The third kappa shape index (κ3) is 5.90. The summed E-state index contributed by atoms with van der Waals surface area (Å²) in [5.41, 5.74) is 2.32. The maximum atomic E-state index is 12.5. The SMILES string of the molecule is CC(=O)Nc1cnc(S(=O)(=O)NC(=O)Nc2c(C(C)C)cc(Cl)cc2C(C)C)nc1. The number of sulfonamides is 1. The fourth-order valence-corrected chi connectivity index (χ4v) is 3.74. The molecule has 162 valence electrons. The van der Waals surface area contributed by atoms with Crippen molar-refractivity contribution in [3.8, 4) is 0 Å². The summed E-state index contributed by atoms with van der Waals surface area (Å²) in [4.78, 5) is 30.9. The molecule has 0 aliphatic heterocycles. The minimum atomic E-state index is -4.32. The third-order valence-corrected chi connectivity index (χ3v) is 5.43. The van der Waals surface area contributed by atoms with Gasteiger partial charge in [-0.25, -0.2) is 19.5 Å². The summed E-state index contributed by atoms with van der Waals surface area (Å²) in [7, 11) is -4.32. The van der Waals surface area contributed by atoms with Gasteiger partial charge in [-0.1, -0.05) is 39.3 Å². The number of nitrogens with zero attached hydrogens (tertiary/aromatic N) is 2. The number of carbonyl (C=O) groups excluding carboxylic acids is 2. The second kappa shape index (κ2) is 9.40. The molecule has 1 aromatic heterocycles. The van der Waals surface area contributed by atoms with E-state index in [0.29, 0.717) is 10.7 Å². The first-order chi connectivity index (χ1) is 13.9. The summed E-state index contributed by atoms with van der Waals surface area (Å²) in [5, 5.41) is 4.99. The summed E-state index contributed by atoms with van der Waals surface area (Å²) in [6, 6.07) is 2.54. The zero-order valence-electron chi connectivity index (χ0n) is 17.3. The van der Waals surface area contributed by atoms with E-state index in [0.717, 1.165) is 23.5 Å². The predicted octanol–water partition coefficient (Wildman–Crippen LogP) is 3.85. The van der Waals surface area contributed by atoms with Crippen LogP contribution < -0.4 is 15.4 Å². The molecular weight excluding hydrogens is 430 g/mol. The van der Waals surface area contributed by atoms with E-state index in [1.54, 1.807) is 12.1 Å². The highest BCUT2D eigenvalue weighted by Crippen LogP contribution is 2.35. The fraction of sp³-hybridized carbons (Fsp3) is 0.368. The molecule has 3 N–H and O–H groups in total. The first-order valence-electron chi connectivity index (χ1n) is 9.17. The minimum Gasteiger partial charge on any atom is -0.324 e. The Balaban J connectivity index is 2.27. The van der Waals surface area contributed by atoms with Crippen molar-refractivity contribution in [2.24, 2.45) is 0 Å². The number of amides is 3. The van der Waals surface area contributed by atoms with Crippen molar-refractivity contribution >= 4 is 44.9 Å². The average Bonchev–Trinajstić information content (AvgIpc) is 2.61. The maximum absolute atomic E-state index is 12.5. The molecule has 0 saturated heterocycles. The van der Waals surface area contributed by atoms with Crippen LogP contribution in [0.15, 0.2) is 29.7 Å².